The van der Waals surface area contributed by atoms with Crippen molar-refractivity contribution in [2.24, 2.45) is 0 Å². The van der Waals surface area contributed by atoms with Gasteiger partial charge in [-0.1, -0.05) is 19.1 Å². The molecule has 0 saturated carbocycles. The third-order valence-electron chi connectivity index (χ3n) is 7.47. The number of hydrogen-bond donors (Lipinski definition) is 2. The lowest BCUT2D eigenvalue weighted by Crippen LogP contribution is -2.44. The maximum atomic E-state index is 4.61. The largest absolute Gasteiger partial charge is 0.381 e. The Kier molecular flexibility index (Phi) is 6.97. The summed E-state index contributed by atoms with van der Waals surface area (Å²) in [6.45, 7) is 14.5. The summed E-state index contributed by atoms with van der Waals surface area (Å²) in [5, 5.41) is 12.6. The summed E-state index contributed by atoms with van der Waals surface area (Å²) in [7, 11) is 0. The van der Waals surface area contributed by atoms with Crippen LogP contribution in [0.15, 0.2) is 43.2 Å². The predicted octanol–water partition coefficient (Wildman–Crippen LogP) is 5.04. The minimum absolute atomic E-state index is 0.452. The Morgan fingerprint density at radius 1 is 1.06 bits per heavy atom. The molecule has 0 spiro atoms. The van der Waals surface area contributed by atoms with E-state index in [1.165, 1.54) is 43.5 Å². The standard InChI is InChI=1S/C28H38N6/c1-20(2)34-13-9-25(10-14-34)30-21(3)28-26-16-23(7-8-27(26)31-32-28)24-15-22(17-29-18-24)19-33-11-5-4-6-12-33/h7-8,15-18,20,25,30H,3-6,9-14,19H2,1-2H3,(H,31,32). The van der Waals surface area contributed by atoms with Crippen LogP contribution in [0.4, 0.5) is 0 Å². The SMILES string of the molecule is C=C(NC1CCN(C(C)C)CC1)c1n[nH]c2ccc(-c3cncc(CN4CCCCC4)c3)cc12. The molecule has 6 heteroatoms. The molecule has 2 aromatic heterocycles. The number of aromatic amines is 1. The molecule has 2 aliphatic rings. The van der Waals surface area contributed by atoms with Crippen LogP contribution in [0.2, 0.25) is 0 Å². The fraction of sp³-hybridized carbons (Fsp3) is 0.500. The van der Waals surface area contributed by atoms with Crippen LogP contribution in [-0.2, 0) is 6.54 Å². The van der Waals surface area contributed by atoms with Crippen molar-refractivity contribution < 1.29 is 0 Å². The lowest BCUT2D eigenvalue weighted by atomic mass is 10.0. The van der Waals surface area contributed by atoms with E-state index in [-0.39, 0.29) is 0 Å². The van der Waals surface area contributed by atoms with Crippen LogP contribution >= 0.6 is 0 Å². The van der Waals surface area contributed by atoms with Crippen LogP contribution in [0.3, 0.4) is 0 Å². The average Bonchev–Trinajstić information content (AvgIpc) is 3.29. The summed E-state index contributed by atoms with van der Waals surface area (Å²) in [4.78, 5) is 9.65. The molecule has 3 aromatic rings. The number of nitrogens with zero attached hydrogens (tertiary/aromatic N) is 4. The van der Waals surface area contributed by atoms with Gasteiger partial charge in [0.2, 0.25) is 0 Å². The topological polar surface area (TPSA) is 60.1 Å². The molecule has 0 radical (unpaired) electrons. The summed E-state index contributed by atoms with van der Waals surface area (Å²) in [5.74, 6) is 0. The van der Waals surface area contributed by atoms with E-state index in [0.29, 0.717) is 12.1 Å². The van der Waals surface area contributed by atoms with E-state index in [2.05, 4.69) is 75.0 Å². The van der Waals surface area contributed by atoms with Crippen LogP contribution in [0, 0.1) is 0 Å². The van der Waals surface area contributed by atoms with Gasteiger partial charge in [0.05, 0.1) is 11.2 Å². The summed E-state index contributed by atoms with van der Waals surface area (Å²) in [6.07, 6.45) is 10.2. The monoisotopic (exact) mass is 458 g/mol. The van der Waals surface area contributed by atoms with Gasteiger partial charge < -0.3 is 10.2 Å². The van der Waals surface area contributed by atoms with E-state index in [1.54, 1.807) is 0 Å². The number of piperidine rings is 2. The first-order valence-electron chi connectivity index (χ1n) is 12.9. The molecule has 34 heavy (non-hydrogen) atoms. The molecule has 2 aliphatic heterocycles. The highest BCUT2D eigenvalue weighted by Crippen LogP contribution is 2.28. The highest BCUT2D eigenvalue weighted by Gasteiger charge is 2.22. The molecule has 4 heterocycles. The number of aromatic nitrogens is 3. The quantitative estimate of drug-likeness (QED) is 0.519. The summed E-state index contributed by atoms with van der Waals surface area (Å²) >= 11 is 0. The molecule has 0 bridgehead atoms. The Morgan fingerprint density at radius 3 is 2.62 bits per heavy atom. The van der Waals surface area contributed by atoms with Crippen molar-refractivity contribution in [3.05, 3.63) is 54.5 Å². The molecule has 1 aromatic carbocycles. The molecular weight excluding hydrogens is 420 g/mol. The van der Waals surface area contributed by atoms with Crippen LogP contribution in [0.5, 0.6) is 0 Å². The van der Waals surface area contributed by atoms with E-state index in [9.17, 15) is 0 Å². The first kappa shape index (κ1) is 23.1. The Morgan fingerprint density at radius 2 is 1.85 bits per heavy atom. The van der Waals surface area contributed by atoms with Crippen molar-refractivity contribution in [1.29, 1.82) is 0 Å². The van der Waals surface area contributed by atoms with Gasteiger partial charge in [-0.05, 0) is 81.9 Å². The second-order valence-electron chi connectivity index (χ2n) is 10.3. The second kappa shape index (κ2) is 10.3. The van der Waals surface area contributed by atoms with E-state index in [1.807, 2.05) is 12.4 Å². The zero-order valence-corrected chi connectivity index (χ0v) is 20.7. The molecule has 2 fully saturated rings. The van der Waals surface area contributed by atoms with E-state index in [4.69, 9.17) is 0 Å². The summed E-state index contributed by atoms with van der Waals surface area (Å²) in [5.41, 5.74) is 6.47. The molecule has 5 rings (SSSR count). The molecule has 2 saturated heterocycles. The number of nitrogens with one attached hydrogen (secondary N) is 2. The van der Waals surface area contributed by atoms with E-state index in [0.717, 1.165) is 60.3 Å². The van der Waals surface area contributed by atoms with E-state index < -0.39 is 0 Å². The maximum Gasteiger partial charge on any atom is 0.115 e. The molecule has 0 aliphatic carbocycles. The average molecular weight is 459 g/mol. The number of benzene rings is 1. The smallest absolute Gasteiger partial charge is 0.115 e. The molecule has 0 amide bonds. The molecule has 0 unspecified atom stereocenters. The van der Waals surface area contributed by atoms with Gasteiger partial charge in [-0.15, -0.1) is 0 Å². The molecule has 0 atom stereocenters. The van der Waals surface area contributed by atoms with Gasteiger partial charge in [-0.2, -0.15) is 5.10 Å². The number of rotatable bonds is 7. The number of hydrogen-bond acceptors (Lipinski definition) is 5. The van der Waals surface area contributed by atoms with Crippen molar-refractivity contribution in [1.82, 2.24) is 30.3 Å². The van der Waals surface area contributed by atoms with Crippen molar-refractivity contribution in [3.8, 4) is 11.1 Å². The van der Waals surface area contributed by atoms with Crippen LogP contribution in [0.25, 0.3) is 27.7 Å². The summed E-state index contributed by atoms with van der Waals surface area (Å²) < 4.78 is 0. The van der Waals surface area contributed by atoms with Crippen LogP contribution in [0.1, 0.15) is 57.2 Å². The molecular formula is C28H38N6. The van der Waals surface area contributed by atoms with Gasteiger partial charge in [0, 0.05) is 55.1 Å². The lowest BCUT2D eigenvalue weighted by molar-refractivity contribution is 0.167. The fourth-order valence-electron chi connectivity index (χ4n) is 5.41. The van der Waals surface area contributed by atoms with Crippen molar-refractivity contribution in [2.45, 2.75) is 64.6 Å². The first-order valence-corrected chi connectivity index (χ1v) is 12.9. The van der Waals surface area contributed by atoms with Crippen molar-refractivity contribution in [2.75, 3.05) is 26.2 Å². The minimum Gasteiger partial charge on any atom is -0.381 e. The van der Waals surface area contributed by atoms with Crippen LogP contribution < -0.4 is 5.32 Å². The number of fused-ring (bicyclic) bond motifs is 1. The highest BCUT2D eigenvalue weighted by molar-refractivity contribution is 5.92. The second-order valence-corrected chi connectivity index (χ2v) is 10.3. The fourth-order valence-corrected chi connectivity index (χ4v) is 5.41. The molecule has 6 nitrogen and oxygen atoms in total. The third-order valence-corrected chi connectivity index (χ3v) is 7.47. The van der Waals surface area contributed by atoms with E-state index >= 15 is 0 Å². The Hall–Kier alpha value is -2.70. The Bertz CT molecular complexity index is 1120. The van der Waals surface area contributed by atoms with Crippen molar-refractivity contribution >= 4 is 16.6 Å². The molecule has 180 valence electrons. The first-order chi connectivity index (χ1) is 16.6. The van der Waals surface area contributed by atoms with Gasteiger partial charge in [-0.25, -0.2) is 0 Å². The Balaban J connectivity index is 1.31. The van der Waals surface area contributed by atoms with Crippen LogP contribution in [-0.4, -0.2) is 63.2 Å². The number of likely N-dealkylation sites (tertiary alicyclic amines) is 2. The normalized spacial score (nSPS) is 18.6. The number of H-pyrrole nitrogens is 1. The van der Waals surface area contributed by atoms with Gasteiger partial charge in [0.25, 0.3) is 0 Å². The Labute approximate surface area is 203 Å². The van der Waals surface area contributed by atoms with Gasteiger partial charge in [-0.3, -0.25) is 15.0 Å². The van der Waals surface area contributed by atoms with Gasteiger partial charge in [0.1, 0.15) is 5.69 Å². The van der Waals surface area contributed by atoms with Crippen molar-refractivity contribution in [3.63, 3.8) is 0 Å². The van der Waals surface area contributed by atoms with Gasteiger partial charge >= 0.3 is 0 Å². The third kappa shape index (κ3) is 5.18. The summed E-state index contributed by atoms with van der Waals surface area (Å²) in [6, 6.07) is 9.86. The molecule has 2 N–H and O–H groups in total. The predicted molar refractivity (Wildman–Crippen MR) is 140 cm³/mol. The zero-order chi connectivity index (χ0) is 23.5. The zero-order valence-electron chi connectivity index (χ0n) is 20.7. The maximum absolute atomic E-state index is 4.61. The highest BCUT2D eigenvalue weighted by atomic mass is 15.2. The lowest BCUT2D eigenvalue weighted by Gasteiger charge is -2.35. The minimum atomic E-state index is 0.452. The van der Waals surface area contributed by atoms with Gasteiger partial charge in [0.15, 0.2) is 0 Å². The number of pyridine rings is 1.